The molecule has 2 atom stereocenters. The Labute approximate surface area is 78.7 Å². The molecule has 11 heavy (non-hydrogen) atoms. The van der Waals surface area contributed by atoms with Crippen LogP contribution in [0.5, 0.6) is 0 Å². The van der Waals surface area contributed by atoms with Gasteiger partial charge in [-0.25, -0.2) is 0 Å². The van der Waals surface area contributed by atoms with Crippen molar-refractivity contribution in [3.05, 3.63) is 0 Å². The molecule has 0 aromatic heterocycles. The van der Waals surface area contributed by atoms with Gasteiger partial charge in [0, 0.05) is 0 Å². The highest BCUT2D eigenvalue weighted by atomic mass is 32.8. The molecule has 2 N–H and O–H groups in total. The van der Waals surface area contributed by atoms with E-state index in [1.54, 1.807) is 0 Å². The van der Waals surface area contributed by atoms with Gasteiger partial charge in [-0.05, 0) is 18.4 Å². The average Bonchev–Trinajstić information content (AvgIpc) is 1.87. The molecule has 0 aliphatic carbocycles. The van der Waals surface area contributed by atoms with E-state index in [9.17, 15) is 4.79 Å². The lowest BCUT2D eigenvalue weighted by Gasteiger charge is -2.17. The van der Waals surface area contributed by atoms with Crippen molar-refractivity contribution in [1.29, 1.82) is 0 Å². The molecule has 0 bridgehead atoms. The van der Waals surface area contributed by atoms with Gasteiger partial charge < -0.3 is 22.6 Å². The lowest BCUT2D eigenvalue weighted by atomic mass is 10.2. The summed E-state index contributed by atoms with van der Waals surface area (Å²) in [6, 6.07) is -0.622. The van der Waals surface area contributed by atoms with E-state index >= 15 is 0 Å². The Kier molecular flexibility index (Phi) is 6.12. The van der Waals surface area contributed by atoms with E-state index < -0.39 is 12.0 Å². The van der Waals surface area contributed by atoms with Crippen LogP contribution in [0.25, 0.3) is 0 Å². The third-order valence-electron chi connectivity index (χ3n) is 1.13. The summed E-state index contributed by atoms with van der Waals surface area (Å²) in [5.41, 5.74) is 0. The van der Waals surface area contributed by atoms with Crippen LogP contribution in [0.4, 0.5) is 0 Å². The zero-order valence-corrected chi connectivity index (χ0v) is 8.52. The lowest BCUT2D eigenvalue weighted by Crippen LogP contribution is -2.33. The van der Waals surface area contributed by atoms with Crippen LogP contribution in [0.3, 0.4) is 0 Å². The van der Waals surface area contributed by atoms with Gasteiger partial charge in [-0.15, -0.1) is 9.45 Å². The van der Waals surface area contributed by atoms with Crippen molar-refractivity contribution in [2.24, 2.45) is 0 Å². The van der Waals surface area contributed by atoms with E-state index in [0.717, 1.165) is 5.75 Å². The molecule has 0 fully saturated rings. The number of hydrogen-bond acceptors (Lipinski definition) is 4. The third-order valence-corrected chi connectivity index (χ3v) is 2.73. The van der Waals surface area contributed by atoms with Gasteiger partial charge in [0.1, 0.15) is 0 Å². The molecule has 0 spiro atoms. The van der Waals surface area contributed by atoms with Crippen LogP contribution in [-0.2, 0) is 38.3 Å². The van der Waals surface area contributed by atoms with Crippen molar-refractivity contribution in [3.8, 4) is 0 Å². The number of carboxylic acids is 1. The largest absolute Gasteiger partial charge is 0.705 e. The zero-order valence-electron chi connectivity index (χ0n) is 6.07. The Morgan fingerprint density at radius 2 is 2.45 bits per heavy atom. The fraction of sp³-hybridized carbons (Fsp3) is 0.800. The lowest BCUT2D eigenvalue weighted by molar-refractivity contribution is -0.138. The van der Waals surface area contributed by atoms with E-state index in [2.05, 4.69) is 17.5 Å². The first-order valence-electron chi connectivity index (χ1n) is 2.98. The molecule has 66 valence electrons. The van der Waals surface area contributed by atoms with Gasteiger partial charge >= 0.3 is 5.97 Å². The van der Waals surface area contributed by atoms with E-state index in [0.29, 0.717) is 6.42 Å². The molecule has 0 saturated heterocycles. The van der Waals surface area contributed by atoms with Gasteiger partial charge in [-0.3, -0.25) is 4.79 Å². The topological polar surface area (TPSA) is 49.3 Å². The monoisotopic (exact) mass is 212 g/mol. The second-order valence-corrected chi connectivity index (χ2v) is 5.57. The SMILES string of the molecule is CS(=S)CCC(N[S-])C(=O)O. The van der Waals surface area contributed by atoms with E-state index in [-0.39, 0.29) is 9.45 Å². The average molecular weight is 212 g/mol. The fourth-order valence-electron chi connectivity index (χ4n) is 0.517. The predicted octanol–water partition coefficient (Wildman–Crippen LogP) is -0.409. The summed E-state index contributed by atoms with van der Waals surface area (Å²) in [6.45, 7) is 0. The quantitative estimate of drug-likeness (QED) is 0.607. The molecule has 0 aliphatic heterocycles. The minimum absolute atomic E-state index is 0.121. The molecule has 0 aliphatic rings. The first kappa shape index (κ1) is 11.4. The molecule has 0 radical (unpaired) electrons. The molecular formula is C5H10NO2S3-. The number of hydrogen-bond donors (Lipinski definition) is 2. The van der Waals surface area contributed by atoms with Crippen molar-refractivity contribution in [3.63, 3.8) is 0 Å². The normalized spacial score (nSPS) is 15.8. The fourth-order valence-corrected chi connectivity index (χ4v) is 1.59. The summed E-state index contributed by atoms with van der Waals surface area (Å²) in [4.78, 5) is 10.4. The number of carboxylic acid groups (broad SMARTS) is 1. The van der Waals surface area contributed by atoms with Crippen LogP contribution in [-0.4, -0.2) is 29.1 Å². The van der Waals surface area contributed by atoms with Gasteiger partial charge in [0.2, 0.25) is 0 Å². The Morgan fingerprint density at radius 3 is 2.73 bits per heavy atom. The van der Waals surface area contributed by atoms with Gasteiger partial charge in [0.25, 0.3) is 0 Å². The molecule has 0 aromatic carbocycles. The minimum Gasteiger partial charge on any atom is -0.705 e. The summed E-state index contributed by atoms with van der Waals surface area (Å²) < 4.78 is 2.30. The summed E-state index contributed by atoms with van der Waals surface area (Å²) in [6.07, 6.45) is 2.42. The van der Waals surface area contributed by atoms with Crippen LogP contribution >= 0.6 is 0 Å². The summed E-state index contributed by atoms with van der Waals surface area (Å²) in [5.74, 6) is -0.170. The Bertz CT molecular complexity index is 162. The molecule has 0 rings (SSSR count). The maximum Gasteiger partial charge on any atom is 0.318 e. The molecule has 0 aromatic rings. The molecular weight excluding hydrogens is 202 g/mol. The van der Waals surface area contributed by atoms with Crippen LogP contribution < -0.4 is 4.72 Å². The summed E-state index contributed by atoms with van der Waals surface area (Å²) in [5, 5.41) is 8.53. The van der Waals surface area contributed by atoms with Gasteiger partial charge in [0.05, 0.1) is 6.04 Å². The molecule has 3 nitrogen and oxygen atoms in total. The number of rotatable bonds is 5. The molecule has 0 saturated carbocycles. The predicted molar refractivity (Wildman–Crippen MR) is 52.1 cm³/mol. The standard InChI is InChI=1S/C5H10NO2S3/c1-11(10)3-2-4(6-9)5(7)8/h4,6H,2-3H2,1H3,(H,7,8)/q-1. The van der Waals surface area contributed by atoms with Gasteiger partial charge in [-0.1, -0.05) is 11.2 Å². The van der Waals surface area contributed by atoms with Crippen molar-refractivity contribution < 1.29 is 9.90 Å². The minimum atomic E-state index is -0.902. The molecule has 0 amide bonds. The molecule has 0 heterocycles. The highest BCUT2D eigenvalue weighted by Crippen LogP contribution is 1.93. The summed E-state index contributed by atoms with van der Waals surface area (Å²) >= 11 is 9.34. The highest BCUT2D eigenvalue weighted by Gasteiger charge is 2.10. The van der Waals surface area contributed by atoms with Crippen LogP contribution in [0.2, 0.25) is 0 Å². The first-order chi connectivity index (χ1) is 5.07. The van der Waals surface area contributed by atoms with Crippen LogP contribution in [0, 0.1) is 0 Å². The van der Waals surface area contributed by atoms with Crippen LogP contribution in [0.1, 0.15) is 6.42 Å². The number of carbonyl (C=O) groups is 1. The number of aliphatic carboxylic acids is 1. The maximum absolute atomic E-state index is 10.4. The summed E-state index contributed by atoms with van der Waals surface area (Å²) in [7, 11) is -0.121. The van der Waals surface area contributed by atoms with Crippen molar-refractivity contribution in [1.82, 2.24) is 4.72 Å². The van der Waals surface area contributed by atoms with E-state index in [1.165, 1.54) is 0 Å². The molecule has 6 heteroatoms. The smallest absolute Gasteiger partial charge is 0.318 e. The van der Waals surface area contributed by atoms with Crippen molar-refractivity contribution >= 4 is 39.4 Å². The maximum atomic E-state index is 10.4. The van der Waals surface area contributed by atoms with Crippen molar-refractivity contribution in [2.75, 3.05) is 12.0 Å². The third kappa shape index (κ3) is 5.60. The Morgan fingerprint density at radius 1 is 1.91 bits per heavy atom. The first-order valence-corrected chi connectivity index (χ1v) is 6.12. The van der Waals surface area contributed by atoms with Crippen molar-refractivity contribution in [2.45, 2.75) is 12.5 Å². The van der Waals surface area contributed by atoms with Gasteiger partial charge in [-0.2, -0.15) is 0 Å². The highest BCUT2D eigenvalue weighted by molar-refractivity contribution is 8.28. The second-order valence-electron chi connectivity index (χ2n) is 2.07. The number of nitrogens with one attached hydrogen (secondary N) is 1. The molecule has 2 unspecified atom stereocenters. The Balaban J connectivity index is 3.70. The second kappa shape index (κ2) is 5.93. The van der Waals surface area contributed by atoms with E-state index in [1.807, 2.05) is 6.26 Å². The van der Waals surface area contributed by atoms with Gasteiger partial charge in [0.15, 0.2) is 0 Å². The van der Waals surface area contributed by atoms with Crippen LogP contribution in [0.15, 0.2) is 0 Å². The van der Waals surface area contributed by atoms with E-state index in [4.69, 9.17) is 16.3 Å². The Hall–Kier alpha value is 0.350. The zero-order chi connectivity index (χ0) is 8.85.